The van der Waals surface area contributed by atoms with Crippen molar-refractivity contribution in [3.05, 3.63) is 35.4 Å². The predicted molar refractivity (Wildman–Crippen MR) is 95.8 cm³/mol. The van der Waals surface area contributed by atoms with E-state index in [2.05, 4.69) is 17.6 Å². The molecule has 5 nitrogen and oxygen atoms in total. The Morgan fingerprint density at radius 1 is 1.23 bits per heavy atom. The van der Waals surface area contributed by atoms with Crippen LogP contribution in [0.3, 0.4) is 0 Å². The number of nitrogens with one attached hydrogen (secondary N) is 2. The number of nitrogens with zero attached hydrogens (tertiary/aromatic N) is 1. The first kappa shape index (κ1) is 20.3. The summed E-state index contributed by atoms with van der Waals surface area (Å²) < 4.78 is 26.4. The maximum absolute atomic E-state index is 13.5. The summed E-state index contributed by atoms with van der Waals surface area (Å²) in [5.74, 6) is -1.49. The molecule has 1 aromatic carbocycles. The lowest BCUT2D eigenvalue weighted by molar-refractivity contribution is -0.132. The van der Waals surface area contributed by atoms with Crippen LogP contribution in [0.2, 0.25) is 0 Å². The second-order valence-electron chi connectivity index (χ2n) is 6.62. The van der Waals surface area contributed by atoms with E-state index in [4.69, 9.17) is 0 Å². The zero-order chi connectivity index (χ0) is 18.9. The quantitative estimate of drug-likeness (QED) is 0.693. The van der Waals surface area contributed by atoms with Crippen molar-refractivity contribution >= 4 is 11.8 Å². The summed E-state index contributed by atoms with van der Waals surface area (Å²) in [4.78, 5) is 26.0. The fourth-order valence-corrected chi connectivity index (χ4v) is 3.10. The van der Waals surface area contributed by atoms with Crippen molar-refractivity contribution in [1.29, 1.82) is 0 Å². The number of likely N-dealkylation sites (tertiary alicyclic amines) is 1. The average Bonchev–Trinajstić information content (AvgIpc) is 2.63. The normalized spacial score (nSPS) is 15.1. The van der Waals surface area contributed by atoms with Gasteiger partial charge in [0.2, 0.25) is 5.91 Å². The zero-order valence-electron chi connectivity index (χ0n) is 15.2. The van der Waals surface area contributed by atoms with Crippen LogP contribution >= 0.6 is 0 Å². The highest BCUT2D eigenvalue weighted by atomic mass is 19.1. The average molecular weight is 367 g/mol. The molecule has 7 heteroatoms. The molecule has 2 rings (SSSR count). The molecule has 0 unspecified atom stereocenters. The van der Waals surface area contributed by atoms with E-state index in [0.717, 1.165) is 51.2 Å². The second kappa shape index (κ2) is 10.2. The smallest absolute Gasteiger partial charge is 0.254 e. The Labute approximate surface area is 153 Å². The maximum atomic E-state index is 13.5. The molecule has 0 aliphatic carbocycles. The van der Waals surface area contributed by atoms with Crippen LogP contribution < -0.4 is 10.6 Å². The van der Waals surface area contributed by atoms with Gasteiger partial charge in [0.1, 0.15) is 11.6 Å². The Bertz CT molecular complexity index is 617. The van der Waals surface area contributed by atoms with Crippen LogP contribution in [0.25, 0.3) is 0 Å². The summed E-state index contributed by atoms with van der Waals surface area (Å²) >= 11 is 0. The van der Waals surface area contributed by atoms with Gasteiger partial charge in [-0.3, -0.25) is 9.59 Å². The number of halogens is 2. The Morgan fingerprint density at radius 2 is 1.96 bits per heavy atom. The summed E-state index contributed by atoms with van der Waals surface area (Å²) in [6.45, 7) is 5.89. The van der Waals surface area contributed by atoms with E-state index < -0.39 is 17.5 Å². The molecule has 0 atom stereocenters. The van der Waals surface area contributed by atoms with Gasteiger partial charge in [-0.05, 0) is 50.4 Å². The number of piperidine rings is 1. The molecule has 1 fully saturated rings. The van der Waals surface area contributed by atoms with Crippen LogP contribution in [-0.2, 0) is 4.79 Å². The third-order valence-electron chi connectivity index (χ3n) is 4.68. The van der Waals surface area contributed by atoms with Crippen molar-refractivity contribution in [2.45, 2.75) is 32.6 Å². The summed E-state index contributed by atoms with van der Waals surface area (Å²) in [6.07, 6.45) is 2.87. The van der Waals surface area contributed by atoms with Crippen molar-refractivity contribution in [3.63, 3.8) is 0 Å². The van der Waals surface area contributed by atoms with E-state index in [9.17, 15) is 18.4 Å². The van der Waals surface area contributed by atoms with Gasteiger partial charge in [-0.15, -0.1) is 0 Å². The first-order valence-electron chi connectivity index (χ1n) is 9.23. The van der Waals surface area contributed by atoms with Gasteiger partial charge in [-0.1, -0.05) is 6.92 Å². The molecule has 1 aliphatic rings. The van der Waals surface area contributed by atoms with Gasteiger partial charge >= 0.3 is 0 Å². The van der Waals surface area contributed by atoms with E-state index in [1.165, 1.54) is 0 Å². The number of benzene rings is 1. The zero-order valence-corrected chi connectivity index (χ0v) is 15.2. The third kappa shape index (κ3) is 6.05. The Hall–Kier alpha value is -2.02. The fourth-order valence-electron chi connectivity index (χ4n) is 3.10. The van der Waals surface area contributed by atoms with Crippen LogP contribution in [0.15, 0.2) is 18.2 Å². The van der Waals surface area contributed by atoms with Crippen LogP contribution in [0.1, 0.15) is 43.0 Å². The molecular weight excluding hydrogens is 340 g/mol. The first-order chi connectivity index (χ1) is 12.5. The van der Waals surface area contributed by atoms with E-state index in [0.29, 0.717) is 24.8 Å². The van der Waals surface area contributed by atoms with Gasteiger partial charge in [0, 0.05) is 32.1 Å². The molecule has 2 amide bonds. The number of carbonyl (C=O) groups is 2. The molecule has 1 saturated heterocycles. The minimum atomic E-state index is -0.890. The maximum Gasteiger partial charge on any atom is 0.254 e. The molecule has 144 valence electrons. The lowest BCUT2D eigenvalue weighted by Gasteiger charge is -2.32. The largest absolute Gasteiger partial charge is 0.352 e. The Balaban J connectivity index is 1.65. The second-order valence-corrected chi connectivity index (χ2v) is 6.62. The van der Waals surface area contributed by atoms with Gasteiger partial charge in [0.25, 0.3) is 5.91 Å². The minimum Gasteiger partial charge on any atom is -0.352 e. The Kier molecular flexibility index (Phi) is 7.97. The summed E-state index contributed by atoms with van der Waals surface area (Å²) in [6, 6.07) is 2.84. The van der Waals surface area contributed by atoms with Gasteiger partial charge in [0.05, 0.1) is 5.56 Å². The van der Waals surface area contributed by atoms with Gasteiger partial charge in [-0.25, -0.2) is 8.78 Å². The molecule has 0 saturated carbocycles. The van der Waals surface area contributed by atoms with Crippen molar-refractivity contribution in [2.24, 2.45) is 5.92 Å². The monoisotopic (exact) mass is 367 g/mol. The lowest BCUT2D eigenvalue weighted by Crippen LogP contribution is -2.41. The first-order valence-corrected chi connectivity index (χ1v) is 9.23. The Morgan fingerprint density at radius 3 is 2.62 bits per heavy atom. The highest BCUT2D eigenvalue weighted by molar-refractivity contribution is 5.94. The van der Waals surface area contributed by atoms with E-state index in [-0.39, 0.29) is 18.0 Å². The van der Waals surface area contributed by atoms with Crippen molar-refractivity contribution < 1.29 is 18.4 Å². The van der Waals surface area contributed by atoms with Crippen molar-refractivity contribution in [1.82, 2.24) is 15.5 Å². The predicted octanol–water partition coefficient (Wildman–Crippen LogP) is 2.32. The lowest BCUT2D eigenvalue weighted by atomic mass is 9.96. The summed E-state index contributed by atoms with van der Waals surface area (Å²) in [5, 5.41) is 5.91. The molecule has 2 N–H and O–H groups in total. The van der Waals surface area contributed by atoms with Crippen LogP contribution in [0, 0.1) is 17.6 Å². The topological polar surface area (TPSA) is 61.4 Å². The molecule has 0 radical (unpaired) electrons. The van der Waals surface area contributed by atoms with Gasteiger partial charge < -0.3 is 15.5 Å². The van der Waals surface area contributed by atoms with E-state index >= 15 is 0 Å². The molecule has 26 heavy (non-hydrogen) atoms. The highest BCUT2D eigenvalue weighted by Gasteiger charge is 2.22. The molecule has 0 spiro atoms. The SMILES string of the molecule is CCNCC1CCN(C(=O)CCCNC(=O)c2ccc(F)cc2F)CC1. The summed E-state index contributed by atoms with van der Waals surface area (Å²) in [5.41, 5.74) is -0.194. The molecule has 1 heterocycles. The van der Waals surface area contributed by atoms with Gasteiger partial charge in [0.15, 0.2) is 0 Å². The number of carbonyl (C=O) groups excluding carboxylic acids is 2. The molecule has 1 aliphatic heterocycles. The number of hydrogen-bond donors (Lipinski definition) is 2. The molecule has 1 aromatic rings. The number of rotatable bonds is 8. The standard InChI is InChI=1S/C19H27F2N3O2/c1-2-22-13-14-7-10-24(11-8-14)18(25)4-3-9-23-19(26)16-6-5-15(20)12-17(16)21/h5-6,12,14,22H,2-4,7-11,13H2,1H3,(H,23,26). The minimum absolute atomic E-state index is 0.0918. The highest BCUT2D eigenvalue weighted by Crippen LogP contribution is 2.17. The van der Waals surface area contributed by atoms with Crippen molar-refractivity contribution in [2.75, 3.05) is 32.7 Å². The van der Waals surface area contributed by atoms with Crippen LogP contribution in [-0.4, -0.2) is 49.4 Å². The van der Waals surface area contributed by atoms with Crippen molar-refractivity contribution in [3.8, 4) is 0 Å². The fraction of sp³-hybridized carbons (Fsp3) is 0.579. The third-order valence-corrected chi connectivity index (χ3v) is 4.68. The number of hydrogen-bond acceptors (Lipinski definition) is 3. The molecular formula is C19H27F2N3O2. The molecule has 0 aromatic heterocycles. The van der Waals surface area contributed by atoms with Gasteiger partial charge in [-0.2, -0.15) is 0 Å². The summed E-state index contributed by atoms with van der Waals surface area (Å²) in [7, 11) is 0. The van der Waals surface area contributed by atoms with E-state index in [1.807, 2.05) is 4.90 Å². The van der Waals surface area contributed by atoms with E-state index in [1.54, 1.807) is 0 Å². The van der Waals surface area contributed by atoms with Crippen LogP contribution in [0.5, 0.6) is 0 Å². The molecule has 0 bridgehead atoms. The number of amides is 2. The van der Waals surface area contributed by atoms with Crippen LogP contribution in [0.4, 0.5) is 8.78 Å².